The molecule has 2 aliphatic heterocycles. The van der Waals surface area contributed by atoms with Crippen molar-refractivity contribution in [3.8, 4) is 0 Å². The van der Waals surface area contributed by atoms with Crippen molar-refractivity contribution in [2.45, 2.75) is 25.3 Å². The summed E-state index contributed by atoms with van der Waals surface area (Å²) in [6.07, 6.45) is 3.03. The first-order chi connectivity index (χ1) is 6.86. The summed E-state index contributed by atoms with van der Waals surface area (Å²) in [6.45, 7) is 3.22. The summed E-state index contributed by atoms with van der Waals surface area (Å²) in [6, 6.07) is -0.0576. The number of nitrogens with one attached hydrogen (secondary N) is 1. The first-order valence-corrected chi connectivity index (χ1v) is 5.34. The van der Waals surface area contributed by atoms with Crippen LogP contribution in [-0.2, 0) is 14.3 Å². The molecule has 14 heavy (non-hydrogen) atoms. The molecule has 1 atom stereocenters. The van der Waals surface area contributed by atoms with E-state index < -0.39 is 0 Å². The van der Waals surface area contributed by atoms with E-state index in [1.54, 1.807) is 0 Å². The number of ether oxygens (including phenoxy) is 2. The molecule has 0 saturated carbocycles. The molecule has 0 amide bonds. The maximum absolute atomic E-state index is 11.1. The second-order valence-electron chi connectivity index (χ2n) is 3.97. The third-order valence-electron chi connectivity index (χ3n) is 2.93. The van der Waals surface area contributed by atoms with Crippen LogP contribution in [0.5, 0.6) is 0 Å². The molecule has 1 unspecified atom stereocenters. The smallest absolute Gasteiger partial charge is 0.323 e. The molecule has 2 heterocycles. The molecule has 1 N–H and O–H groups in total. The lowest BCUT2D eigenvalue weighted by molar-refractivity contribution is -0.139. The number of carbonyl (C=O) groups excluding carboxylic acids is 1. The van der Waals surface area contributed by atoms with Gasteiger partial charge < -0.3 is 14.8 Å². The lowest BCUT2D eigenvalue weighted by atomic mass is 10.00. The van der Waals surface area contributed by atoms with Crippen molar-refractivity contribution in [1.82, 2.24) is 5.32 Å². The molecule has 80 valence electrons. The van der Waals surface area contributed by atoms with Gasteiger partial charge in [-0.25, -0.2) is 0 Å². The molecule has 4 heteroatoms. The molecule has 0 bridgehead atoms. The monoisotopic (exact) mass is 199 g/mol. The van der Waals surface area contributed by atoms with Gasteiger partial charge in [0.2, 0.25) is 0 Å². The van der Waals surface area contributed by atoms with Gasteiger partial charge in [0, 0.05) is 19.6 Å². The van der Waals surface area contributed by atoms with Crippen molar-refractivity contribution < 1.29 is 14.3 Å². The maximum Gasteiger partial charge on any atom is 0.323 e. The molecule has 0 aliphatic carbocycles. The van der Waals surface area contributed by atoms with Crippen LogP contribution in [0.1, 0.15) is 19.3 Å². The van der Waals surface area contributed by atoms with Crippen molar-refractivity contribution in [3.05, 3.63) is 0 Å². The van der Waals surface area contributed by atoms with Crippen LogP contribution in [0.15, 0.2) is 0 Å². The Kier molecular flexibility index (Phi) is 3.37. The van der Waals surface area contributed by atoms with Crippen molar-refractivity contribution in [2.24, 2.45) is 5.92 Å². The summed E-state index contributed by atoms with van der Waals surface area (Å²) in [5, 5.41) is 3.27. The van der Waals surface area contributed by atoms with Crippen LogP contribution >= 0.6 is 0 Å². The number of esters is 1. The minimum absolute atomic E-state index is 0.0576. The number of carbonyl (C=O) groups is 1. The summed E-state index contributed by atoms with van der Waals surface area (Å²) in [7, 11) is 0. The minimum Gasteiger partial charge on any atom is -0.464 e. The second kappa shape index (κ2) is 4.75. The molecule has 0 spiro atoms. The quantitative estimate of drug-likeness (QED) is 0.665. The third kappa shape index (κ3) is 2.45. The predicted octanol–water partition coefficient (Wildman–Crippen LogP) is 0.318. The normalized spacial score (nSPS) is 29.1. The Balaban J connectivity index is 1.68. The summed E-state index contributed by atoms with van der Waals surface area (Å²) in [5.74, 6) is 0.578. The van der Waals surface area contributed by atoms with E-state index in [0.717, 1.165) is 39.0 Å². The summed E-state index contributed by atoms with van der Waals surface area (Å²) >= 11 is 0. The Morgan fingerprint density at radius 3 is 2.64 bits per heavy atom. The molecule has 2 saturated heterocycles. The average Bonchev–Trinajstić information content (AvgIpc) is 2.63. The standard InChI is InChI=1S/C10H17NO3/c12-10-9(3-6-14-10)11-7-8-1-4-13-5-2-8/h8-9,11H,1-7H2. The minimum atomic E-state index is -0.0861. The lowest BCUT2D eigenvalue weighted by Gasteiger charge is -2.23. The fourth-order valence-electron chi connectivity index (χ4n) is 1.94. The fraction of sp³-hybridized carbons (Fsp3) is 0.900. The van der Waals surface area contributed by atoms with E-state index in [1.165, 1.54) is 0 Å². The molecular weight excluding hydrogens is 182 g/mol. The Morgan fingerprint density at radius 2 is 2.00 bits per heavy atom. The highest BCUT2D eigenvalue weighted by Gasteiger charge is 2.26. The van der Waals surface area contributed by atoms with E-state index in [0.29, 0.717) is 12.5 Å². The largest absolute Gasteiger partial charge is 0.464 e. The van der Waals surface area contributed by atoms with Gasteiger partial charge in [0.1, 0.15) is 6.04 Å². The molecular formula is C10H17NO3. The van der Waals surface area contributed by atoms with Gasteiger partial charge in [0.25, 0.3) is 0 Å². The van der Waals surface area contributed by atoms with Gasteiger partial charge in [-0.3, -0.25) is 4.79 Å². The van der Waals surface area contributed by atoms with Gasteiger partial charge >= 0.3 is 5.97 Å². The Labute approximate surface area is 84.0 Å². The molecule has 2 aliphatic rings. The van der Waals surface area contributed by atoms with E-state index >= 15 is 0 Å². The Morgan fingerprint density at radius 1 is 1.21 bits per heavy atom. The van der Waals surface area contributed by atoms with E-state index in [4.69, 9.17) is 9.47 Å². The molecule has 2 fully saturated rings. The van der Waals surface area contributed by atoms with E-state index in [2.05, 4.69) is 5.32 Å². The van der Waals surface area contributed by atoms with Gasteiger partial charge in [-0.1, -0.05) is 0 Å². The van der Waals surface area contributed by atoms with Crippen LogP contribution in [-0.4, -0.2) is 38.4 Å². The molecule has 0 aromatic heterocycles. The zero-order chi connectivity index (χ0) is 9.80. The summed E-state index contributed by atoms with van der Waals surface area (Å²) in [5.41, 5.74) is 0. The van der Waals surface area contributed by atoms with Crippen LogP contribution in [0.25, 0.3) is 0 Å². The Hall–Kier alpha value is -0.610. The van der Waals surface area contributed by atoms with Crippen molar-refractivity contribution in [2.75, 3.05) is 26.4 Å². The zero-order valence-corrected chi connectivity index (χ0v) is 8.33. The van der Waals surface area contributed by atoms with Crippen molar-refractivity contribution in [3.63, 3.8) is 0 Å². The maximum atomic E-state index is 11.1. The van der Waals surface area contributed by atoms with Crippen molar-refractivity contribution >= 4 is 5.97 Å². The molecule has 4 nitrogen and oxygen atoms in total. The van der Waals surface area contributed by atoms with E-state index in [-0.39, 0.29) is 12.0 Å². The number of cyclic esters (lactones) is 1. The van der Waals surface area contributed by atoms with Gasteiger partial charge in [0.15, 0.2) is 0 Å². The van der Waals surface area contributed by atoms with Crippen LogP contribution < -0.4 is 5.32 Å². The number of hydrogen-bond donors (Lipinski definition) is 1. The predicted molar refractivity (Wildman–Crippen MR) is 50.9 cm³/mol. The molecule has 0 aromatic rings. The second-order valence-corrected chi connectivity index (χ2v) is 3.97. The third-order valence-corrected chi connectivity index (χ3v) is 2.93. The lowest BCUT2D eigenvalue weighted by Crippen LogP contribution is -2.37. The van der Waals surface area contributed by atoms with Gasteiger partial charge in [-0.05, 0) is 25.3 Å². The number of rotatable bonds is 3. The zero-order valence-electron chi connectivity index (χ0n) is 8.33. The average molecular weight is 199 g/mol. The summed E-state index contributed by atoms with van der Waals surface area (Å²) in [4.78, 5) is 11.1. The topological polar surface area (TPSA) is 47.6 Å². The highest BCUT2D eigenvalue weighted by atomic mass is 16.5. The van der Waals surface area contributed by atoms with Crippen LogP contribution in [0.2, 0.25) is 0 Å². The molecule has 0 aromatic carbocycles. The van der Waals surface area contributed by atoms with Crippen molar-refractivity contribution in [1.29, 1.82) is 0 Å². The van der Waals surface area contributed by atoms with Gasteiger partial charge in [-0.2, -0.15) is 0 Å². The SMILES string of the molecule is O=C1OCCC1NCC1CCOCC1. The van der Waals surface area contributed by atoms with Crippen LogP contribution in [0, 0.1) is 5.92 Å². The van der Waals surface area contributed by atoms with Gasteiger partial charge in [-0.15, -0.1) is 0 Å². The highest BCUT2D eigenvalue weighted by molar-refractivity contribution is 5.77. The highest BCUT2D eigenvalue weighted by Crippen LogP contribution is 2.14. The van der Waals surface area contributed by atoms with Gasteiger partial charge in [0.05, 0.1) is 6.61 Å². The van der Waals surface area contributed by atoms with Crippen LogP contribution in [0.4, 0.5) is 0 Å². The first-order valence-electron chi connectivity index (χ1n) is 5.34. The van der Waals surface area contributed by atoms with E-state index in [1.807, 2.05) is 0 Å². The molecule has 2 rings (SSSR count). The first kappa shape index (κ1) is 9.93. The number of hydrogen-bond acceptors (Lipinski definition) is 4. The van der Waals surface area contributed by atoms with Crippen LogP contribution in [0.3, 0.4) is 0 Å². The van der Waals surface area contributed by atoms with E-state index in [9.17, 15) is 4.79 Å². The Bertz CT molecular complexity index is 202. The fourth-order valence-corrected chi connectivity index (χ4v) is 1.94. The summed E-state index contributed by atoms with van der Waals surface area (Å²) < 4.78 is 10.2. The molecule has 0 radical (unpaired) electrons.